The van der Waals surface area contributed by atoms with Gasteiger partial charge in [-0.25, -0.2) is 9.78 Å². The van der Waals surface area contributed by atoms with Gasteiger partial charge in [-0.05, 0) is 12.1 Å². The first-order chi connectivity index (χ1) is 12.8. The molecule has 4 rings (SSSR count). The van der Waals surface area contributed by atoms with Crippen LogP contribution in [0.2, 0.25) is 0 Å². The fourth-order valence-electron chi connectivity index (χ4n) is 3.07. The van der Waals surface area contributed by atoms with Crippen molar-refractivity contribution in [2.24, 2.45) is 11.0 Å². The highest BCUT2D eigenvalue weighted by atomic mass is 32.1. The summed E-state index contributed by atoms with van der Waals surface area (Å²) in [4.78, 5) is 15.4. The van der Waals surface area contributed by atoms with Crippen molar-refractivity contribution in [2.75, 3.05) is 18.7 Å². The highest BCUT2D eigenvalue weighted by molar-refractivity contribution is 7.14. The molecule has 3 heterocycles. The van der Waals surface area contributed by atoms with E-state index in [4.69, 9.17) is 4.74 Å². The fraction of sp³-hybridized carbons (Fsp3) is 0.312. The number of methoxy groups -OCH3 is 1. The van der Waals surface area contributed by atoms with E-state index in [2.05, 4.69) is 14.8 Å². The van der Waals surface area contributed by atoms with Crippen molar-refractivity contribution in [3.05, 3.63) is 40.9 Å². The first kappa shape index (κ1) is 17.7. The van der Waals surface area contributed by atoms with Crippen LogP contribution in [0.3, 0.4) is 0 Å². The van der Waals surface area contributed by atoms with Crippen molar-refractivity contribution in [1.29, 1.82) is 0 Å². The van der Waals surface area contributed by atoms with E-state index in [0.717, 1.165) is 18.4 Å². The Balaban J connectivity index is 1.85. The molecule has 2 aliphatic heterocycles. The predicted molar refractivity (Wildman–Crippen MR) is 88.9 cm³/mol. The molecule has 7 nitrogen and oxygen atoms in total. The Morgan fingerprint density at radius 1 is 1.44 bits per heavy atom. The van der Waals surface area contributed by atoms with E-state index in [1.165, 1.54) is 5.38 Å². The lowest BCUT2D eigenvalue weighted by Crippen LogP contribution is -2.61. The number of ether oxygens (including phenoxy) is 2. The second kappa shape index (κ2) is 5.92. The predicted octanol–water partition coefficient (Wildman–Crippen LogP) is 2.41. The Kier molecular flexibility index (Phi) is 3.89. The van der Waals surface area contributed by atoms with Gasteiger partial charge >= 0.3 is 12.1 Å². The number of alkyl halides is 3. The molecule has 2 unspecified atom stereocenters. The SMILES string of the molecule is COC(=O)c1csc(N2N=C3c4ccccc4OCC3C2(O)C(F)(F)F)n1. The minimum atomic E-state index is -5.06. The molecule has 0 bridgehead atoms. The molecular formula is C16H12F3N3O4S. The standard InChI is InChI=1S/C16H12F3N3O4S/c1-25-13(23)10-7-27-14(20-10)22-15(24,16(17,18)19)9-6-26-11-5-3-2-4-8(11)12(9)21-22/h2-5,7,9,24H,6H2,1H3. The number of fused-ring (bicyclic) bond motifs is 3. The van der Waals surface area contributed by atoms with Crippen molar-refractivity contribution in [3.63, 3.8) is 0 Å². The maximum absolute atomic E-state index is 13.9. The van der Waals surface area contributed by atoms with Gasteiger partial charge in [-0.15, -0.1) is 11.3 Å². The number of nitrogens with zero attached hydrogens (tertiary/aromatic N) is 3. The third-order valence-corrected chi connectivity index (χ3v) is 5.22. The summed E-state index contributed by atoms with van der Waals surface area (Å²) < 4.78 is 51.7. The van der Waals surface area contributed by atoms with E-state index in [1.807, 2.05) is 0 Å². The van der Waals surface area contributed by atoms with Crippen LogP contribution in [-0.2, 0) is 4.74 Å². The van der Waals surface area contributed by atoms with Gasteiger partial charge in [-0.3, -0.25) is 0 Å². The molecule has 0 fully saturated rings. The van der Waals surface area contributed by atoms with Gasteiger partial charge in [-0.2, -0.15) is 23.3 Å². The van der Waals surface area contributed by atoms with Crippen LogP contribution in [0.5, 0.6) is 5.75 Å². The maximum Gasteiger partial charge on any atom is 0.439 e. The minimum Gasteiger partial charge on any atom is -0.492 e. The Hall–Kier alpha value is -2.66. The van der Waals surface area contributed by atoms with Crippen LogP contribution in [0.25, 0.3) is 0 Å². The van der Waals surface area contributed by atoms with Gasteiger partial charge in [0.2, 0.25) is 5.13 Å². The Labute approximate surface area is 154 Å². The maximum atomic E-state index is 13.9. The molecule has 0 spiro atoms. The molecule has 1 aromatic heterocycles. The van der Waals surface area contributed by atoms with Gasteiger partial charge in [0.25, 0.3) is 5.72 Å². The molecule has 2 aromatic rings. The molecule has 11 heteroatoms. The molecule has 0 aliphatic carbocycles. The quantitative estimate of drug-likeness (QED) is 0.781. The average Bonchev–Trinajstić information content (AvgIpc) is 3.24. The van der Waals surface area contributed by atoms with Crippen molar-refractivity contribution < 1.29 is 32.5 Å². The minimum absolute atomic E-state index is 0.0477. The molecule has 2 atom stereocenters. The molecule has 0 amide bonds. The monoisotopic (exact) mass is 399 g/mol. The molecule has 142 valence electrons. The van der Waals surface area contributed by atoms with Crippen LogP contribution in [-0.4, -0.2) is 47.4 Å². The summed E-state index contributed by atoms with van der Waals surface area (Å²) in [6, 6.07) is 6.51. The number of aromatic nitrogens is 1. The number of hydrogen-bond donors (Lipinski definition) is 1. The lowest BCUT2D eigenvalue weighted by molar-refractivity contribution is -0.270. The molecule has 0 radical (unpaired) electrons. The summed E-state index contributed by atoms with van der Waals surface area (Å²) in [5.74, 6) is -1.89. The van der Waals surface area contributed by atoms with Crippen LogP contribution >= 0.6 is 11.3 Å². The zero-order valence-electron chi connectivity index (χ0n) is 13.7. The summed E-state index contributed by atoms with van der Waals surface area (Å²) in [7, 11) is 1.13. The topological polar surface area (TPSA) is 84.2 Å². The van der Waals surface area contributed by atoms with Crippen molar-refractivity contribution in [3.8, 4) is 5.75 Å². The van der Waals surface area contributed by atoms with Crippen LogP contribution in [0.4, 0.5) is 18.3 Å². The number of benzene rings is 1. The zero-order valence-corrected chi connectivity index (χ0v) is 14.5. The number of hydrogen-bond acceptors (Lipinski definition) is 8. The number of rotatable bonds is 2. The van der Waals surface area contributed by atoms with Crippen molar-refractivity contribution >= 4 is 28.1 Å². The number of carbonyl (C=O) groups excluding carboxylic acids is 1. The summed E-state index contributed by atoms with van der Waals surface area (Å²) in [6.07, 6.45) is -5.06. The van der Waals surface area contributed by atoms with E-state index in [1.54, 1.807) is 24.3 Å². The summed E-state index contributed by atoms with van der Waals surface area (Å²) >= 11 is 0.742. The zero-order chi connectivity index (χ0) is 19.4. The lowest BCUT2D eigenvalue weighted by atomic mass is 9.86. The Morgan fingerprint density at radius 2 is 2.19 bits per heavy atom. The van der Waals surface area contributed by atoms with Gasteiger partial charge in [0.05, 0.1) is 18.7 Å². The number of carbonyl (C=O) groups is 1. The molecule has 1 aromatic carbocycles. The fourth-order valence-corrected chi connectivity index (χ4v) is 3.87. The number of hydrazone groups is 1. The third-order valence-electron chi connectivity index (χ3n) is 4.40. The number of para-hydroxylation sites is 1. The number of aliphatic hydroxyl groups is 1. The first-order valence-electron chi connectivity index (χ1n) is 7.71. The van der Waals surface area contributed by atoms with Crippen molar-refractivity contribution in [1.82, 2.24) is 4.98 Å². The van der Waals surface area contributed by atoms with Gasteiger partial charge in [0, 0.05) is 10.9 Å². The lowest BCUT2D eigenvalue weighted by Gasteiger charge is -2.38. The van der Waals surface area contributed by atoms with Crippen LogP contribution < -0.4 is 9.75 Å². The van der Waals surface area contributed by atoms with E-state index in [-0.39, 0.29) is 16.5 Å². The molecule has 1 N–H and O–H groups in total. The number of thiazole rings is 1. The molecule has 27 heavy (non-hydrogen) atoms. The van der Waals surface area contributed by atoms with E-state index in [9.17, 15) is 23.1 Å². The second-order valence-corrected chi connectivity index (χ2v) is 6.72. The molecule has 2 aliphatic rings. The second-order valence-electron chi connectivity index (χ2n) is 5.89. The number of anilines is 1. The van der Waals surface area contributed by atoms with E-state index >= 15 is 0 Å². The van der Waals surface area contributed by atoms with Gasteiger partial charge < -0.3 is 14.6 Å². The largest absolute Gasteiger partial charge is 0.492 e. The smallest absolute Gasteiger partial charge is 0.439 e. The van der Waals surface area contributed by atoms with E-state index in [0.29, 0.717) is 16.3 Å². The molecular weight excluding hydrogens is 387 g/mol. The van der Waals surface area contributed by atoms with Crippen LogP contribution in [0.1, 0.15) is 16.1 Å². The summed E-state index contributed by atoms with van der Waals surface area (Å²) in [5.41, 5.74) is -3.12. The summed E-state index contributed by atoms with van der Waals surface area (Å²) in [6.45, 7) is -0.405. The van der Waals surface area contributed by atoms with Crippen LogP contribution in [0, 0.1) is 5.92 Å². The summed E-state index contributed by atoms with van der Waals surface area (Å²) in [5, 5.41) is 16.1. The van der Waals surface area contributed by atoms with Crippen LogP contribution in [0.15, 0.2) is 34.7 Å². The highest BCUT2D eigenvalue weighted by Gasteiger charge is 2.69. The molecule has 0 saturated heterocycles. The van der Waals surface area contributed by atoms with E-state index < -0.39 is 30.4 Å². The normalized spacial score (nSPS) is 24.0. The van der Waals surface area contributed by atoms with Gasteiger partial charge in [0.1, 0.15) is 12.4 Å². The highest BCUT2D eigenvalue weighted by Crippen LogP contribution is 2.49. The first-order valence-corrected chi connectivity index (χ1v) is 8.59. The number of esters is 1. The Morgan fingerprint density at radius 3 is 2.89 bits per heavy atom. The Bertz CT molecular complexity index is 945. The third kappa shape index (κ3) is 2.49. The van der Waals surface area contributed by atoms with Crippen molar-refractivity contribution in [2.45, 2.75) is 11.9 Å². The van der Waals surface area contributed by atoms with Gasteiger partial charge in [0.15, 0.2) is 5.69 Å². The average molecular weight is 399 g/mol. The molecule has 0 saturated carbocycles. The number of halogens is 3. The van der Waals surface area contributed by atoms with Gasteiger partial charge in [-0.1, -0.05) is 12.1 Å².